The molecular weight excluding hydrogens is 270 g/mol. The highest BCUT2D eigenvalue weighted by Crippen LogP contribution is 2.15. The van der Waals surface area contributed by atoms with Gasteiger partial charge in [-0.3, -0.25) is 4.79 Å². The zero-order valence-electron chi connectivity index (χ0n) is 11.1. The number of ketones is 1. The van der Waals surface area contributed by atoms with Crippen molar-refractivity contribution in [3.63, 3.8) is 0 Å². The molecule has 0 heterocycles. The normalized spacial score (nSPS) is 11.1. The molecule has 1 rings (SSSR count). The molecular formula is C14H14F2O4. The van der Waals surface area contributed by atoms with E-state index in [2.05, 4.69) is 0 Å². The summed E-state index contributed by atoms with van der Waals surface area (Å²) in [6, 6.07) is 2.46. The molecule has 0 N–H and O–H groups in total. The van der Waals surface area contributed by atoms with E-state index in [-0.39, 0.29) is 13.2 Å². The van der Waals surface area contributed by atoms with Crippen LogP contribution < -0.4 is 0 Å². The maximum absolute atomic E-state index is 13.6. The van der Waals surface area contributed by atoms with Gasteiger partial charge in [-0.15, -0.1) is 0 Å². The van der Waals surface area contributed by atoms with Gasteiger partial charge in [0.2, 0.25) is 5.78 Å². The van der Waals surface area contributed by atoms with Crippen molar-refractivity contribution in [2.24, 2.45) is 0 Å². The van der Waals surface area contributed by atoms with E-state index in [1.165, 1.54) is 0 Å². The lowest BCUT2D eigenvalue weighted by molar-refractivity contribution is -0.138. The van der Waals surface area contributed by atoms with Crippen LogP contribution >= 0.6 is 0 Å². The molecule has 0 saturated carbocycles. The third-order valence-corrected chi connectivity index (χ3v) is 2.28. The Morgan fingerprint density at radius 3 is 2.45 bits per heavy atom. The predicted molar refractivity (Wildman–Crippen MR) is 67.0 cm³/mol. The van der Waals surface area contributed by atoms with Gasteiger partial charge in [0.1, 0.15) is 23.5 Å². The number of halogens is 2. The molecule has 0 atom stereocenters. The quantitative estimate of drug-likeness (QED) is 0.201. The summed E-state index contributed by atoms with van der Waals surface area (Å²) < 4.78 is 36.0. The van der Waals surface area contributed by atoms with E-state index in [1.54, 1.807) is 13.8 Å². The number of carbonyl (C=O) groups is 2. The SMILES string of the molecule is CCOC=C(C(=O)OCC)C(=O)c1ccc(F)cc1F. The summed E-state index contributed by atoms with van der Waals surface area (Å²) in [6.45, 7) is 3.50. The highest BCUT2D eigenvalue weighted by Gasteiger charge is 2.24. The van der Waals surface area contributed by atoms with Crippen LogP contribution in [0.5, 0.6) is 0 Å². The van der Waals surface area contributed by atoms with Crippen LogP contribution in [0.2, 0.25) is 0 Å². The number of hydrogen-bond donors (Lipinski definition) is 0. The monoisotopic (exact) mass is 284 g/mol. The van der Waals surface area contributed by atoms with Gasteiger partial charge in [-0.2, -0.15) is 0 Å². The molecule has 0 aliphatic rings. The van der Waals surface area contributed by atoms with Gasteiger partial charge in [0.25, 0.3) is 0 Å². The molecule has 0 radical (unpaired) electrons. The highest BCUT2D eigenvalue weighted by molar-refractivity contribution is 6.24. The molecule has 0 aliphatic carbocycles. The van der Waals surface area contributed by atoms with Gasteiger partial charge in [-0.05, 0) is 26.0 Å². The van der Waals surface area contributed by atoms with Crippen molar-refractivity contribution >= 4 is 11.8 Å². The lowest BCUT2D eigenvalue weighted by Gasteiger charge is -2.07. The Kier molecular flexibility index (Phi) is 5.83. The summed E-state index contributed by atoms with van der Waals surface area (Å²) in [5, 5.41) is 0. The maximum Gasteiger partial charge on any atom is 0.345 e. The molecule has 0 saturated heterocycles. The summed E-state index contributed by atoms with van der Waals surface area (Å²) in [5.41, 5.74) is -0.871. The highest BCUT2D eigenvalue weighted by atomic mass is 19.1. The zero-order chi connectivity index (χ0) is 15.1. The summed E-state index contributed by atoms with van der Waals surface area (Å²) in [4.78, 5) is 23.7. The van der Waals surface area contributed by atoms with E-state index in [9.17, 15) is 18.4 Å². The predicted octanol–water partition coefficient (Wildman–Crippen LogP) is 2.63. The molecule has 0 amide bonds. The Morgan fingerprint density at radius 2 is 1.90 bits per heavy atom. The number of rotatable bonds is 6. The first kappa shape index (κ1) is 15.8. The fraction of sp³-hybridized carbons (Fsp3) is 0.286. The van der Waals surface area contributed by atoms with Crippen molar-refractivity contribution in [2.75, 3.05) is 13.2 Å². The molecule has 20 heavy (non-hydrogen) atoms. The topological polar surface area (TPSA) is 52.6 Å². The average molecular weight is 284 g/mol. The molecule has 0 fully saturated rings. The largest absolute Gasteiger partial charge is 0.500 e. The smallest absolute Gasteiger partial charge is 0.345 e. The summed E-state index contributed by atoms with van der Waals surface area (Å²) >= 11 is 0. The molecule has 0 bridgehead atoms. The average Bonchev–Trinajstić information content (AvgIpc) is 2.39. The van der Waals surface area contributed by atoms with Gasteiger partial charge in [0.05, 0.1) is 18.8 Å². The fourth-order valence-corrected chi connectivity index (χ4v) is 1.39. The van der Waals surface area contributed by atoms with Crippen LogP contribution in [0, 0.1) is 11.6 Å². The Labute approximate surface area is 115 Å². The van der Waals surface area contributed by atoms with Gasteiger partial charge in [0.15, 0.2) is 0 Å². The summed E-state index contributed by atoms with van der Waals surface area (Å²) in [5.74, 6) is -3.71. The summed E-state index contributed by atoms with van der Waals surface area (Å²) in [7, 11) is 0. The van der Waals surface area contributed by atoms with Crippen molar-refractivity contribution in [1.29, 1.82) is 0 Å². The molecule has 1 aromatic rings. The van der Waals surface area contributed by atoms with Crippen LogP contribution in [0.3, 0.4) is 0 Å². The van der Waals surface area contributed by atoms with Crippen molar-refractivity contribution in [3.8, 4) is 0 Å². The first-order chi connectivity index (χ1) is 9.51. The number of hydrogen-bond acceptors (Lipinski definition) is 4. The molecule has 0 unspecified atom stereocenters. The van der Waals surface area contributed by atoms with E-state index in [0.29, 0.717) is 6.07 Å². The van der Waals surface area contributed by atoms with Gasteiger partial charge in [0, 0.05) is 6.07 Å². The van der Waals surface area contributed by atoms with E-state index in [1.807, 2.05) is 0 Å². The van der Waals surface area contributed by atoms with E-state index < -0.39 is 34.5 Å². The van der Waals surface area contributed by atoms with E-state index in [0.717, 1.165) is 18.4 Å². The van der Waals surface area contributed by atoms with Crippen LogP contribution in [0.15, 0.2) is 30.0 Å². The number of ether oxygens (including phenoxy) is 2. The second kappa shape index (κ2) is 7.37. The zero-order valence-corrected chi connectivity index (χ0v) is 11.1. The number of esters is 1. The minimum absolute atomic E-state index is 0.0570. The number of carbonyl (C=O) groups excluding carboxylic acids is 2. The van der Waals surface area contributed by atoms with Gasteiger partial charge in [-0.25, -0.2) is 13.6 Å². The molecule has 0 aliphatic heterocycles. The maximum atomic E-state index is 13.6. The molecule has 4 nitrogen and oxygen atoms in total. The van der Waals surface area contributed by atoms with Crippen molar-refractivity contribution < 1.29 is 27.8 Å². The Morgan fingerprint density at radius 1 is 1.20 bits per heavy atom. The standard InChI is InChI=1S/C14H14F2O4/c1-3-19-8-11(14(18)20-4-2)13(17)10-6-5-9(15)7-12(10)16/h5-8H,3-4H2,1-2H3. The molecule has 0 aromatic heterocycles. The fourth-order valence-electron chi connectivity index (χ4n) is 1.39. The van der Waals surface area contributed by atoms with Crippen LogP contribution in [0.25, 0.3) is 0 Å². The van der Waals surface area contributed by atoms with E-state index in [4.69, 9.17) is 9.47 Å². The van der Waals surface area contributed by atoms with Crippen LogP contribution in [0.4, 0.5) is 8.78 Å². The summed E-state index contributed by atoms with van der Waals surface area (Å²) in [6.07, 6.45) is 0.920. The van der Waals surface area contributed by atoms with Crippen molar-refractivity contribution in [1.82, 2.24) is 0 Å². The third kappa shape index (κ3) is 3.88. The molecule has 1 aromatic carbocycles. The Balaban J connectivity index is 3.13. The van der Waals surface area contributed by atoms with Crippen LogP contribution in [-0.2, 0) is 14.3 Å². The number of Topliss-reactive ketones (excluding diaryl/α,β-unsaturated/α-hetero) is 1. The Bertz CT molecular complexity index is 538. The van der Waals surface area contributed by atoms with Crippen molar-refractivity contribution in [2.45, 2.75) is 13.8 Å². The second-order valence-electron chi connectivity index (χ2n) is 3.66. The van der Waals surface area contributed by atoms with Gasteiger partial charge < -0.3 is 9.47 Å². The number of benzene rings is 1. The van der Waals surface area contributed by atoms with E-state index >= 15 is 0 Å². The van der Waals surface area contributed by atoms with Gasteiger partial charge >= 0.3 is 5.97 Å². The van der Waals surface area contributed by atoms with Crippen LogP contribution in [0.1, 0.15) is 24.2 Å². The third-order valence-electron chi connectivity index (χ3n) is 2.28. The van der Waals surface area contributed by atoms with Gasteiger partial charge in [-0.1, -0.05) is 0 Å². The van der Waals surface area contributed by atoms with Crippen molar-refractivity contribution in [3.05, 3.63) is 47.2 Å². The second-order valence-corrected chi connectivity index (χ2v) is 3.66. The lowest BCUT2D eigenvalue weighted by atomic mass is 10.0. The molecule has 6 heteroatoms. The Hall–Kier alpha value is -2.24. The first-order valence-electron chi connectivity index (χ1n) is 5.99. The first-order valence-corrected chi connectivity index (χ1v) is 5.99. The molecule has 0 spiro atoms. The molecule has 108 valence electrons. The minimum Gasteiger partial charge on any atom is -0.500 e. The van der Waals surface area contributed by atoms with Crippen LogP contribution in [-0.4, -0.2) is 25.0 Å². The minimum atomic E-state index is -1.05. The lowest BCUT2D eigenvalue weighted by Crippen LogP contribution is -2.18.